The first-order valence-electron chi connectivity index (χ1n) is 7.58. The maximum absolute atomic E-state index is 12.6. The van der Waals surface area contributed by atoms with Crippen LogP contribution in [0.5, 0.6) is 0 Å². The van der Waals surface area contributed by atoms with Crippen molar-refractivity contribution in [3.05, 3.63) is 35.3 Å². The molecule has 1 N–H and O–H groups in total. The molecule has 0 atom stereocenters. The molecule has 0 aromatic carbocycles. The average molecular weight is 286 g/mol. The highest BCUT2D eigenvalue weighted by atomic mass is 16.2. The fourth-order valence-corrected chi connectivity index (χ4v) is 2.93. The second kappa shape index (κ2) is 5.85. The number of fused-ring (bicyclic) bond motifs is 1. The van der Waals surface area contributed by atoms with Crippen molar-refractivity contribution in [1.82, 2.24) is 19.6 Å². The maximum atomic E-state index is 12.6. The fraction of sp³-hybridized carbons (Fsp3) is 0.500. The summed E-state index contributed by atoms with van der Waals surface area (Å²) in [6.07, 6.45) is 3.45. The quantitative estimate of drug-likeness (QED) is 0.906. The van der Waals surface area contributed by atoms with Crippen molar-refractivity contribution >= 4 is 11.6 Å². The number of imidazole rings is 1. The number of hydrogen-bond acceptors (Lipinski definition) is 3. The second-order valence-electron chi connectivity index (χ2n) is 5.69. The molecule has 2 aromatic heterocycles. The van der Waals surface area contributed by atoms with E-state index in [1.165, 1.54) is 0 Å². The third kappa shape index (κ3) is 2.78. The predicted octanol–water partition coefficient (Wildman–Crippen LogP) is 1.32. The van der Waals surface area contributed by atoms with E-state index in [0.29, 0.717) is 6.42 Å². The molecule has 0 radical (unpaired) electrons. The molecule has 3 heterocycles. The van der Waals surface area contributed by atoms with Crippen LogP contribution >= 0.6 is 0 Å². The Morgan fingerprint density at radius 1 is 1.33 bits per heavy atom. The highest BCUT2D eigenvalue weighted by Gasteiger charge is 2.19. The summed E-state index contributed by atoms with van der Waals surface area (Å²) in [5, 5.41) is 3.33. The van der Waals surface area contributed by atoms with Crippen molar-refractivity contribution in [3.63, 3.8) is 0 Å². The molecule has 2 aromatic rings. The third-order valence-corrected chi connectivity index (χ3v) is 4.16. The van der Waals surface area contributed by atoms with E-state index >= 15 is 0 Å². The lowest BCUT2D eigenvalue weighted by Crippen LogP contribution is -2.35. The molecule has 1 aliphatic rings. The number of hydrogen-bond donors (Lipinski definition) is 1. The Hall–Kier alpha value is -1.88. The van der Waals surface area contributed by atoms with Crippen LogP contribution in [0.1, 0.15) is 23.4 Å². The fourth-order valence-electron chi connectivity index (χ4n) is 2.93. The number of carbonyl (C=O) groups is 1. The lowest BCUT2D eigenvalue weighted by molar-refractivity contribution is -0.130. The van der Waals surface area contributed by atoms with Gasteiger partial charge in [-0.3, -0.25) is 4.79 Å². The molecule has 5 nitrogen and oxygen atoms in total. The van der Waals surface area contributed by atoms with Crippen LogP contribution in [0.4, 0.5) is 0 Å². The first-order valence-corrected chi connectivity index (χ1v) is 7.58. The van der Waals surface area contributed by atoms with Crippen LogP contribution in [-0.2, 0) is 11.2 Å². The van der Waals surface area contributed by atoms with Crippen LogP contribution in [-0.4, -0.2) is 46.4 Å². The Balaban J connectivity index is 1.85. The van der Waals surface area contributed by atoms with E-state index in [2.05, 4.69) is 14.7 Å². The van der Waals surface area contributed by atoms with Gasteiger partial charge in [-0.2, -0.15) is 0 Å². The zero-order valence-electron chi connectivity index (χ0n) is 12.7. The Morgan fingerprint density at radius 2 is 2.19 bits per heavy atom. The molecule has 3 rings (SSSR count). The number of pyridine rings is 1. The van der Waals surface area contributed by atoms with Crippen LogP contribution < -0.4 is 5.32 Å². The zero-order chi connectivity index (χ0) is 14.8. The number of amides is 1. The molecule has 1 aliphatic heterocycles. The SMILES string of the molecule is Cc1nc2c(C)cccn2c1CC(=O)N1CCCNCC1. The summed E-state index contributed by atoms with van der Waals surface area (Å²) < 4.78 is 2.05. The molecule has 0 aliphatic carbocycles. The normalized spacial score (nSPS) is 16.2. The minimum atomic E-state index is 0.199. The predicted molar refractivity (Wildman–Crippen MR) is 82.4 cm³/mol. The number of rotatable bonds is 2. The molecule has 5 heteroatoms. The lowest BCUT2D eigenvalue weighted by atomic mass is 10.2. The smallest absolute Gasteiger partial charge is 0.228 e. The molecule has 21 heavy (non-hydrogen) atoms. The third-order valence-electron chi connectivity index (χ3n) is 4.16. The van der Waals surface area contributed by atoms with E-state index in [-0.39, 0.29) is 5.91 Å². The zero-order valence-corrected chi connectivity index (χ0v) is 12.7. The van der Waals surface area contributed by atoms with Crippen molar-refractivity contribution in [1.29, 1.82) is 0 Å². The van der Waals surface area contributed by atoms with Crippen molar-refractivity contribution < 1.29 is 4.79 Å². The van der Waals surface area contributed by atoms with Gasteiger partial charge in [-0.1, -0.05) is 6.07 Å². The van der Waals surface area contributed by atoms with E-state index in [0.717, 1.165) is 55.2 Å². The van der Waals surface area contributed by atoms with Crippen LogP contribution in [0.2, 0.25) is 0 Å². The summed E-state index contributed by atoms with van der Waals surface area (Å²) in [6, 6.07) is 4.06. The van der Waals surface area contributed by atoms with Crippen molar-refractivity contribution in [2.45, 2.75) is 26.7 Å². The van der Waals surface area contributed by atoms with Gasteiger partial charge in [0.1, 0.15) is 5.65 Å². The van der Waals surface area contributed by atoms with Gasteiger partial charge < -0.3 is 14.6 Å². The monoisotopic (exact) mass is 286 g/mol. The second-order valence-corrected chi connectivity index (χ2v) is 5.69. The largest absolute Gasteiger partial charge is 0.341 e. The Kier molecular flexibility index (Phi) is 3.92. The van der Waals surface area contributed by atoms with Gasteiger partial charge in [-0.15, -0.1) is 0 Å². The molecule has 1 saturated heterocycles. The molecule has 0 spiro atoms. The van der Waals surface area contributed by atoms with Crippen LogP contribution in [0.3, 0.4) is 0 Å². The molecule has 1 amide bonds. The molecular weight excluding hydrogens is 264 g/mol. The Morgan fingerprint density at radius 3 is 3.05 bits per heavy atom. The maximum Gasteiger partial charge on any atom is 0.228 e. The van der Waals surface area contributed by atoms with E-state index < -0.39 is 0 Å². The van der Waals surface area contributed by atoms with Crippen molar-refractivity contribution in [2.75, 3.05) is 26.2 Å². The van der Waals surface area contributed by atoms with Crippen LogP contribution in [0.15, 0.2) is 18.3 Å². The summed E-state index contributed by atoms with van der Waals surface area (Å²) in [4.78, 5) is 19.1. The highest BCUT2D eigenvalue weighted by molar-refractivity contribution is 5.79. The lowest BCUT2D eigenvalue weighted by Gasteiger charge is -2.20. The number of nitrogens with one attached hydrogen (secondary N) is 1. The van der Waals surface area contributed by atoms with Crippen LogP contribution in [0.25, 0.3) is 5.65 Å². The van der Waals surface area contributed by atoms with Gasteiger partial charge >= 0.3 is 0 Å². The van der Waals surface area contributed by atoms with Gasteiger partial charge in [0.25, 0.3) is 0 Å². The molecule has 0 bridgehead atoms. The summed E-state index contributed by atoms with van der Waals surface area (Å²) >= 11 is 0. The van der Waals surface area contributed by atoms with Gasteiger partial charge in [0.2, 0.25) is 5.91 Å². The van der Waals surface area contributed by atoms with Crippen molar-refractivity contribution in [3.8, 4) is 0 Å². The molecule has 0 unspecified atom stereocenters. The number of nitrogens with zero attached hydrogens (tertiary/aromatic N) is 3. The average Bonchev–Trinajstić information content (AvgIpc) is 2.68. The Labute approximate surface area is 125 Å². The molecular formula is C16H22N4O. The first-order chi connectivity index (χ1) is 10.2. The Bertz CT molecular complexity index is 654. The summed E-state index contributed by atoms with van der Waals surface area (Å²) in [5.74, 6) is 0.199. The highest BCUT2D eigenvalue weighted by Crippen LogP contribution is 2.16. The van der Waals surface area contributed by atoms with E-state index in [4.69, 9.17) is 0 Å². The van der Waals surface area contributed by atoms with Gasteiger partial charge in [0.15, 0.2) is 0 Å². The summed E-state index contributed by atoms with van der Waals surface area (Å²) in [6.45, 7) is 7.57. The van der Waals surface area contributed by atoms with E-state index in [1.54, 1.807) is 0 Å². The minimum Gasteiger partial charge on any atom is -0.341 e. The topological polar surface area (TPSA) is 49.6 Å². The number of aromatic nitrogens is 2. The molecule has 112 valence electrons. The van der Waals surface area contributed by atoms with E-state index in [1.807, 2.05) is 37.1 Å². The number of aryl methyl sites for hydroxylation is 2. The van der Waals surface area contributed by atoms with E-state index in [9.17, 15) is 4.79 Å². The minimum absolute atomic E-state index is 0.199. The number of carbonyl (C=O) groups excluding carboxylic acids is 1. The standard InChI is InChI=1S/C16H22N4O/c1-12-5-3-9-20-14(13(2)18-16(12)20)11-15(21)19-8-4-6-17-7-10-19/h3,5,9,17H,4,6-8,10-11H2,1-2H3. The molecule has 0 saturated carbocycles. The summed E-state index contributed by atoms with van der Waals surface area (Å²) in [7, 11) is 0. The molecule has 1 fully saturated rings. The first kappa shape index (κ1) is 14.1. The van der Waals surface area contributed by atoms with Gasteiger partial charge in [-0.05, 0) is 38.4 Å². The van der Waals surface area contributed by atoms with Crippen molar-refractivity contribution in [2.24, 2.45) is 0 Å². The van der Waals surface area contributed by atoms with Gasteiger partial charge in [0.05, 0.1) is 17.8 Å². The summed E-state index contributed by atoms with van der Waals surface area (Å²) in [5.41, 5.74) is 4.05. The van der Waals surface area contributed by atoms with Gasteiger partial charge in [-0.25, -0.2) is 4.98 Å². The van der Waals surface area contributed by atoms with Crippen LogP contribution in [0, 0.1) is 13.8 Å². The van der Waals surface area contributed by atoms with Gasteiger partial charge in [0, 0.05) is 25.8 Å².